The summed E-state index contributed by atoms with van der Waals surface area (Å²) in [5.41, 5.74) is 4.84. The lowest BCUT2D eigenvalue weighted by molar-refractivity contribution is -0.140. The number of carboxylic acid groups (broad SMARTS) is 1. The number of nitrogens with one attached hydrogen (secondary N) is 1. The van der Waals surface area contributed by atoms with Gasteiger partial charge in [-0.1, -0.05) is 17.7 Å². The third-order valence-corrected chi connectivity index (χ3v) is 3.39. The molecule has 0 fully saturated rings. The summed E-state index contributed by atoms with van der Waals surface area (Å²) in [6, 6.07) is -1.25. The van der Waals surface area contributed by atoms with E-state index in [9.17, 15) is 14.4 Å². The van der Waals surface area contributed by atoms with E-state index in [0.717, 1.165) is 16.5 Å². The number of hydrogen-bond donors (Lipinski definition) is 3. The molecule has 0 aromatic rings. The lowest BCUT2D eigenvalue weighted by Gasteiger charge is -2.11. The number of amides is 2. The summed E-state index contributed by atoms with van der Waals surface area (Å²) in [5.74, 6) is -1.31. The van der Waals surface area contributed by atoms with Crippen LogP contribution in [0.5, 0.6) is 0 Å². The molecule has 0 heterocycles. The number of carbonyl (C=O) groups excluding carboxylic acids is 2. The van der Waals surface area contributed by atoms with Crippen LogP contribution in [0.3, 0.4) is 0 Å². The first-order valence-corrected chi connectivity index (χ1v) is 6.40. The average molecular weight is 252 g/mol. The predicted molar refractivity (Wildman–Crippen MR) is 59.5 cm³/mol. The van der Waals surface area contributed by atoms with E-state index in [-0.39, 0.29) is 0 Å². The summed E-state index contributed by atoms with van der Waals surface area (Å²) in [6.07, 6.45) is -0.404. The van der Waals surface area contributed by atoms with E-state index >= 15 is 0 Å². The number of carbonyl (C=O) groups is 3. The number of aliphatic carboxylic acids is 1. The van der Waals surface area contributed by atoms with Crippen LogP contribution in [0.1, 0.15) is 13.3 Å². The van der Waals surface area contributed by atoms with Crippen molar-refractivity contribution in [2.45, 2.75) is 19.4 Å². The number of hydrogen-bond acceptors (Lipinski definition) is 5. The van der Waals surface area contributed by atoms with Crippen molar-refractivity contribution >= 4 is 38.7 Å². The Balaban J connectivity index is 4.10. The Bertz CT molecular complexity index is 259. The van der Waals surface area contributed by atoms with Crippen LogP contribution in [-0.4, -0.2) is 34.0 Å². The molecule has 4 N–H and O–H groups in total. The number of primary amides is 1. The highest BCUT2D eigenvalue weighted by Gasteiger charge is 2.22. The van der Waals surface area contributed by atoms with Crippen molar-refractivity contribution < 1.29 is 19.5 Å². The first-order chi connectivity index (χ1) is 6.97. The van der Waals surface area contributed by atoms with Gasteiger partial charge in [-0.2, -0.15) is 0 Å². The average Bonchev–Trinajstić information content (AvgIpc) is 2.12. The molecule has 0 rings (SSSR count). The number of nitrogens with two attached hydrogens (primary N) is 1. The molecule has 6 nitrogen and oxygen atoms in total. The molecule has 0 unspecified atom stereocenters. The van der Waals surface area contributed by atoms with Crippen molar-refractivity contribution in [3.8, 4) is 0 Å². The van der Waals surface area contributed by atoms with Gasteiger partial charge in [0.15, 0.2) is 0 Å². The molecule has 0 aliphatic heterocycles. The smallest absolute Gasteiger partial charge is 0.326 e. The van der Waals surface area contributed by atoms with Crippen molar-refractivity contribution in [1.29, 1.82) is 0 Å². The topological polar surface area (TPSA) is 109 Å². The zero-order valence-corrected chi connectivity index (χ0v) is 9.69. The molecule has 0 bridgehead atoms. The Morgan fingerprint density at radius 2 is 2.07 bits per heavy atom. The van der Waals surface area contributed by atoms with Crippen LogP contribution in [0.2, 0.25) is 0 Å². The number of rotatable bonds is 6. The molecule has 0 spiro atoms. The van der Waals surface area contributed by atoms with Gasteiger partial charge in [0.05, 0.1) is 6.42 Å². The van der Waals surface area contributed by atoms with Crippen molar-refractivity contribution in [3.63, 3.8) is 0 Å². The standard InChI is InChI=1S/C7H12N2O4S2/c1-2-14-15-7(13)9-4(6(11)12)3-5(8)10/h4H,2-3H2,1H3,(H2,8,10)(H,9,13)(H,11,12)/t4-/m0/s1. The molecule has 1 atom stereocenters. The van der Waals surface area contributed by atoms with Gasteiger partial charge >= 0.3 is 5.97 Å². The van der Waals surface area contributed by atoms with Crippen LogP contribution in [-0.2, 0) is 9.59 Å². The van der Waals surface area contributed by atoms with Gasteiger partial charge in [-0.15, -0.1) is 0 Å². The molecule has 86 valence electrons. The normalized spacial score (nSPS) is 11.8. The summed E-state index contributed by atoms with van der Waals surface area (Å²) >= 11 is 0. The van der Waals surface area contributed by atoms with Crippen LogP contribution in [0.4, 0.5) is 4.79 Å². The molecule has 0 radical (unpaired) electrons. The fraction of sp³-hybridized carbons (Fsp3) is 0.571. The molecule has 2 amide bonds. The molecular weight excluding hydrogens is 240 g/mol. The third-order valence-electron chi connectivity index (χ3n) is 1.25. The van der Waals surface area contributed by atoms with Crippen molar-refractivity contribution in [1.82, 2.24) is 5.32 Å². The largest absolute Gasteiger partial charge is 0.480 e. The minimum Gasteiger partial charge on any atom is -0.480 e. The van der Waals surface area contributed by atoms with E-state index in [1.54, 1.807) is 0 Å². The lowest BCUT2D eigenvalue weighted by atomic mass is 10.2. The second kappa shape index (κ2) is 7.41. The quantitative estimate of drug-likeness (QED) is 0.591. The monoisotopic (exact) mass is 252 g/mol. The van der Waals surface area contributed by atoms with E-state index in [1.165, 1.54) is 10.8 Å². The van der Waals surface area contributed by atoms with Crippen LogP contribution in [0, 0.1) is 0 Å². The first-order valence-electron chi connectivity index (χ1n) is 4.08. The Hall–Kier alpha value is -0.890. The first kappa shape index (κ1) is 14.1. The van der Waals surface area contributed by atoms with Gasteiger partial charge in [0.2, 0.25) is 5.91 Å². The van der Waals surface area contributed by atoms with Gasteiger partial charge in [-0.3, -0.25) is 9.59 Å². The minimum atomic E-state index is -1.27. The highest BCUT2D eigenvalue weighted by molar-refractivity contribution is 8.82. The molecule has 8 heteroatoms. The second-order valence-corrected chi connectivity index (χ2v) is 5.04. The van der Waals surface area contributed by atoms with Gasteiger partial charge in [-0.05, 0) is 0 Å². The Kier molecular flexibility index (Phi) is 6.97. The molecule has 0 saturated carbocycles. The molecule has 0 aromatic carbocycles. The molecule has 0 aliphatic carbocycles. The van der Waals surface area contributed by atoms with Gasteiger partial charge in [0.25, 0.3) is 5.24 Å². The summed E-state index contributed by atoms with van der Waals surface area (Å²) in [5, 5.41) is 10.4. The van der Waals surface area contributed by atoms with Crippen LogP contribution >= 0.6 is 21.6 Å². The van der Waals surface area contributed by atoms with Crippen LogP contribution < -0.4 is 11.1 Å². The van der Waals surface area contributed by atoms with Crippen molar-refractivity contribution in [2.75, 3.05) is 5.75 Å². The highest BCUT2D eigenvalue weighted by atomic mass is 33.1. The maximum atomic E-state index is 11.1. The van der Waals surface area contributed by atoms with Gasteiger partial charge in [-0.25, -0.2) is 4.79 Å². The predicted octanol–water partition coefficient (Wildman–Crippen LogP) is 0.426. The van der Waals surface area contributed by atoms with Gasteiger partial charge in [0, 0.05) is 16.5 Å². The maximum Gasteiger partial charge on any atom is 0.326 e. The summed E-state index contributed by atoms with van der Waals surface area (Å²) in [7, 11) is 2.18. The molecule has 0 aromatic heterocycles. The van der Waals surface area contributed by atoms with Crippen molar-refractivity contribution in [3.05, 3.63) is 0 Å². The fourth-order valence-electron chi connectivity index (χ4n) is 0.680. The van der Waals surface area contributed by atoms with Crippen LogP contribution in [0.25, 0.3) is 0 Å². The maximum absolute atomic E-state index is 11.1. The minimum absolute atomic E-state index is 0.404. The SMILES string of the molecule is CCSSC(=O)N[C@@H](CC(N)=O)C(=O)O. The van der Waals surface area contributed by atoms with Crippen LogP contribution in [0.15, 0.2) is 0 Å². The summed E-state index contributed by atoms with van der Waals surface area (Å²) in [4.78, 5) is 32.2. The molecule has 15 heavy (non-hydrogen) atoms. The fourth-order valence-corrected chi connectivity index (χ4v) is 1.91. The third kappa shape index (κ3) is 7.09. The summed E-state index contributed by atoms with van der Waals surface area (Å²) < 4.78 is 0. The Labute approximate surface area is 94.7 Å². The molecule has 0 saturated heterocycles. The second-order valence-electron chi connectivity index (χ2n) is 2.48. The van der Waals surface area contributed by atoms with E-state index in [2.05, 4.69) is 5.32 Å². The zero-order valence-electron chi connectivity index (χ0n) is 8.06. The van der Waals surface area contributed by atoms with E-state index in [1.807, 2.05) is 6.92 Å². The van der Waals surface area contributed by atoms with Gasteiger partial charge in [0.1, 0.15) is 6.04 Å². The van der Waals surface area contributed by atoms with Gasteiger partial charge < -0.3 is 16.2 Å². The summed E-state index contributed by atoms with van der Waals surface area (Å²) in [6.45, 7) is 1.86. The highest BCUT2D eigenvalue weighted by Crippen LogP contribution is 2.21. The van der Waals surface area contributed by atoms with E-state index < -0.39 is 29.6 Å². The van der Waals surface area contributed by atoms with E-state index in [0.29, 0.717) is 0 Å². The van der Waals surface area contributed by atoms with E-state index in [4.69, 9.17) is 10.8 Å². The molecular formula is C7H12N2O4S2. The molecule has 0 aliphatic rings. The number of carboxylic acids is 1. The Morgan fingerprint density at radius 3 is 2.47 bits per heavy atom. The lowest BCUT2D eigenvalue weighted by Crippen LogP contribution is -2.41. The van der Waals surface area contributed by atoms with Crippen molar-refractivity contribution in [2.24, 2.45) is 5.73 Å². The zero-order chi connectivity index (χ0) is 11.8. The Morgan fingerprint density at radius 1 is 1.47 bits per heavy atom.